The molecular weight excluding hydrogens is 310 g/mol. The van der Waals surface area contributed by atoms with Crippen LogP contribution in [0.25, 0.3) is 0 Å². The van der Waals surface area contributed by atoms with Crippen LogP contribution in [0.15, 0.2) is 0 Å². The Morgan fingerprint density at radius 1 is 0.917 bits per heavy atom. The fourth-order valence-electron chi connectivity index (χ4n) is 4.48. The van der Waals surface area contributed by atoms with Gasteiger partial charge in [0.15, 0.2) is 0 Å². The van der Waals surface area contributed by atoms with Crippen LogP contribution in [0, 0.1) is 11.8 Å². The first-order chi connectivity index (χ1) is 11.5. The molecular formula is C19H32F2N2O. The van der Waals surface area contributed by atoms with Crippen molar-refractivity contribution < 1.29 is 13.6 Å². The Bertz CT molecular complexity index is 408. The Kier molecular flexibility index (Phi) is 6.12. The van der Waals surface area contributed by atoms with Crippen LogP contribution in [0.4, 0.5) is 8.78 Å². The zero-order valence-corrected chi connectivity index (χ0v) is 14.7. The van der Waals surface area contributed by atoms with Crippen LogP contribution in [0.2, 0.25) is 0 Å². The number of amides is 1. The summed E-state index contributed by atoms with van der Waals surface area (Å²) in [6, 6.07) is 0.765. The second-order valence-electron chi connectivity index (χ2n) is 8.35. The number of carbonyl (C=O) groups is 1. The molecule has 3 aliphatic carbocycles. The van der Waals surface area contributed by atoms with Crippen LogP contribution in [0.1, 0.15) is 77.0 Å². The molecule has 0 aromatic carbocycles. The Morgan fingerprint density at radius 2 is 1.58 bits per heavy atom. The van der Waals surface area contributed by atoms with Crippen LogP contribution in [-0.4, -0.2) is 30.5 Å². The molecule has 24 heavy (non-hydrogen) atoms. The normalized spacial score (nSPS) is 31.4. The van der Waals surface area contributed by atoms with E-state index in [1.807, 2.05) is 0 Å². The molecule has 0 atom stereocenters. The van der Waals surface area contributed by atoms with Gasteiger partial charge in [-0.05, 0) is 56.9 Å². The quantitative estimate of drug-likeness (QED) is 0.765. The minimum absolute atomic E-state index is 0.0455. The molecule has 3 aliphatic rings. The molecule has 0 aromatic heterocycles. The van der Waals surface area contributed by atoms with E-state index in [-0.39, 0.29) is 18.7 Å². The van der Waals surface area contributed by atoms with E-state index < -0.39 is 5.92 Å². The van der Waals surface area contributed by atoms with Gasteiger partial charge >= 0.3 is 0 Å². The van der Waals surface area contributed by atoms with Gasteiger partial charge in [0.1, 0.15) is 0 Å². The highest BCUT2D eigenvalue weighted by molar-refractivity contribution is 5.76. The van der Waals surface area contributed by atoms with Crippen molar-refractivity contribution in [2.45, 2.75) is 95.1 Å². The maximum atomic E-state index is 13.1. The standard InChI is InChI=1S/C19H32F2N2O/c20-19(21)8-6-15(7-9-19)13-22-16-11-17(12-16)23-18(24)10-14-4-2-1-3-5-14/h14-17,22H,1-13H2,(H,23,24). The first-order valence-electron chi connectivity index (χ1n) is 9.91. The van der Waals surface area contributed by atoms with Gasteiger partial charge in [0.2, 0.25) is 11.8 Å². The number of nitrogens with one attached hydrogen (secondary N) is 2. The predicted octanol–water partition coefficient (Wildman–Crippen LogP) is 4.02. The molecule has 3 nitrogen and oxygen atoms in total. The van der Waals surface area contributed by atoms with Crippen molar-refractivity contribution in [2.75, 3.05) is 6.54 Å². The first kappa shape index (κ1) is 18.1. The summed E-state index contributed by atoms with van der Waals surface area (Å²) >= 11 is 0. The summed E-state index contributed by atoms with van der Waals surface area (Å²) in [7, 11) is 0. The van der Waals surface area contributed by atoms with Crippen LogP contribution in [0.5, 0.6) is 0 Å². The van der Waals surface area contributed by atoms with Crippen LogP contribution in [-0.2, 0) is 4.79 Å². The zero-order chi connectivity index (χ0) is 17.0. The zero-order valence-electron chi connectivity index (χ0n) is 14.7. The van der Waals surface area contributed by atoms with Gasteiger partial charge in [-0.1, -0.05) is 19.3 Å². The minimum atomic E-state index is -2.43. The minimum Gasteiger partial charge on any atom is -0.353 e. The maximum absolute atomic E-state index is 13.1. The van der Waals surface area contributed by atoms with E-state index in [0.29, 0.717) is 43.2 Å². The Balaban J connectivity index is 1.24. The molecule has 1 amide bonds. The van der Waals surface area contributed by atoms with Crippen molar-refractivity contribution in [1.29, 1.82) is 0 Å². The third-order valence-corrected chi connectivity index (χ3v) is 6.23. The molecule has 5 heteroatoms. The number of halogens is 2. The SMILES string of the molecule is O=C(CC1CCCCC1)NC1CC(NCC2CCC(F)(F)CC2)C1. The molecule has 3 fully saturated rings. The van der Waals surface area contributed by atoms with Crippen molar-refractivity contribution in [3.63, 3.8) is 0 Å². The molecule has 0 spiro atoms. The van der Waals surface area contributed by atoms with Gasteiger partial charge in [-0.15, -0.1) is 0 Å². The topological polar surface area (TPSA) is 41.1 Å². The number of carbonyl (C=O) groups excluding carboxylic acids is 1. The number of alkyl halides is 2. The highest BCUT2D eigenvalue weighted by Crippen LogP contribution is 2.36. The monoisotopic (exact) mass is 342 g/mol. The van der Waals surface area contributed by atoms with Crippen molar-refractivity contribution >= 4 is 5.91 Å². The Labute approximate surface area is 144 Å². The Morgan fingerprint density at radius 3 is 2.25 bits per heavy atom. The second kappa shape index (κ2) is 8.11. The van der Waals surface area contributed by atoms with E-state index in [1.54, 1.807) is 0 Å². The fourth-order valence-corrected chi connectivity index (χ4v) is 4.48. The van der Waals surface area contributed by atoms with Gasteiger partial charge in [0, 0.05) is 31.3 Å². The predicted molar refractivity (Wildman–Crippen MR) is 91.1 cm³/mol. The lowest BCUT2D eigenvalue weighted by atomic mass is 9.83. The summed E-state index contributed by atoms with van der Waals surface area (Å²) in [6.45, 7) is 0.851. The van der Waals surface area contributed by atoms with Crippen LogP contribution >= 0.6 is 0 Å². The lowest BCUT2D eigenvalue weighted by Gasteiger charge is -2.38. The third kappa shape index (κ3) is 5.40. The van der Waals surface area contributed by atoms with E-state index in [9.17, 15) is 13.6 Å². The highest BCUT2D eigenvalue weighted by Gasteiger charge is 2.36. The smallest absolute Gasteiger partial charge is 0.248 e. The van der Waals surface area contributed by atoms with E-state index in [2.05, 4.69) is 10.6 Å². The van der Waals surface area contributed by atoms with Crippen molar-refractivity contribution in [3.05, 3.63) is 0 Å². The summed E-state index contributed by atoms with van der Waals surface area (Å²) < 4.78 is 26.3. The van der Waals surface area contributed by atoms with E-state index >= 15 is 0 Å². The summed E-state index contributed by atoms with van der Waals surface area (Å²) in [5.41, 5.74) is 0. The van der Waals surface area contributed by atoms with E-state index in [4.69, 9.17) is 0 Å². The lowest BCUT2D eigenvalue weighted by Crippen LogP contribution is -2.53. The maximum Gasteiger partial charge on any atom is 0.248 e. The second-order valence-corrected chi connectivity index (χ2v) is 8.35. The van der Waals surface area contributed by atoms with Crippen molar-refractivity contribution in [1.82, 2.24) is 10.6 Å². The lowest BCUT2D eigenvalue weighted by molar-refractivity contribution is -0.123. The van der Waals surface area contributed by atoms with E-state index in [1.165, 1.54) is 32.1 Å². The molecule has 0 aliphatic heterocycles. The van der Waals surface area contributed by atoms with Crippen molar-refractivity contribution in [3.8, 4) is 0 Å². The van der Waals surface area contributed by atoms with Gasteiger partial charge in [0.25, 0.3) is 0 Å². The van der Waals surface area contributed by atoms with Gasteiger partial charge in [-0.2, -0.15) is 0 Å². The van der Waals surface area contributed by atoms with Crippen LogP contribution in [0.3, 0.4) is 0 Å². The van der Waals surface area contributed by atoms with Gasteiger partial charge in [-0.25, -0.2) is 8.78 Å². The van der Waals surface area contributed by atoms with Crippen LogP contribution < -0.4 is 10.6 Å². The summed E-state index contributed by atoms with van der Waals surface area (Å²) in [4.78, 5) is 12.1. The molecule has 0 aromatic rings. The molecule has 0 unspecified atom stereocenters. The summed E-state index contributed by atoms with van der Waals surface area (Å²) in [5, 5.41) is 6.67. The summed E-state index contributed by atoms with van der Waals surface area (Å²) in [6.07, 6.45) is 10.3. The molecule has 0 saturated heterocycles. The van der Waals surface area contributed by atoms with Gasteiger partial charge in [0.05, 0.1) is 0 Å². The number of hydrogen-bond donors (Lipinski definition) is 2. The molecule has 2 N–H and O–H groups in total. The average Bonchev–Trinajstić information content (AvgIpc) is 2.51. The highest BCUT2D eigenvalue weighted by atomic mass is 19.3. The summed E-state index contributed by atoms with van der Waals surface area (Å²) in [5.74, 6) is -1.22. The molecule has 138 valence electrons. The number of rotatable bonds is 6. The molecule has 3 saturated carbocycles. The molecule has 0 bridgehead atoms. The third-order valence-electron chi connectivity index (χ3n) is 6.23. The van der Waals surface area contributed by atoms with Crippen molar-refractivity contribution in [2.24, 2.45) is 11.8 Å². The van der Waals surface area contributed by atoms with Gasteiger partial charge in [-0.3, -0.25) is 4.79 Å². The number of hydrogen-bond acceptors (Lipinski definition) is 2. The first-order valence-corrected chi connectivity index (χ1v) is 9.91. The largest absolute Gasteiger partial charge is 0.353 e. The Hall–Kier alpha value is -0.710. The fraction of sp³-hybridized carbons (Fsp3) is 0.947. The average molecular weight is 342 g/mol. The van der Waals surface area contributed by atoms with Gasteiger partial charge < -0.3 is 10.6 Å². The molecule has 0 radical (unpaired) electrons. The molecule has 3 rings (SSSR count). The molecule has 0 heterocycles. The van der Waals surface area contributed by atoms with E-state index in [0.717, 1.165) is 19.4 Å².